The quantitative estimate of drug-likeness (QED) is 0.889. The number of nitrogens with zero attached hydrogens (tertiary/aromatic N) is 3. The molecule has 0 aliphatic carbocycles. The van der Waals surface area contributed by atoms with E-state index in [1.165, 1.54) is 12.0 Å². The summed E-state index contributed by atoms with van der Waals surface area (Å²) in [7, 11) is 2.24. The van der Waals surface area contributed by atoms with Crippen LogP contribution in [0.1, 0.15) is 25.3 Å². The van der Waals surface area contributed by atoms with Crippen LogP contribution in [0.3, 0.4) is 0 Å². The molecular formula is C15H26N4. The van der Waals surface area contributed by atoms with Crippen molar-refractivity contribution in [2.75, 3.05) is 26.7 Å². The molecule has 1 saturated heterocycles. The summed E-state index contributed by atoms with van der Waals surface area (Å²) in [6.45, 7) is 6.38. The fraction of sp³-hybridized carbons (Fsp3) is 0.667. The average molecular weight is 262 g/mol. The van der Waals surface area contributed by atoms with Crippen molar-refractivity contribution >= 4 is 0 Å². The zero-order chi connectivity index (χ0) is 13.7. The summed E-state index contributed by atoms with van der Waals surface area (Å²) in [4.78, 5) is 9.13. The molecule has 4 heteroatoms. The Hall–Kier alpha value is -0.970. The first-order valence-electron chi connectivity index (χ1n) is 7.24. The van der Waals surface area contributed by atoms with Gasteiger partial charge in [0.05, 0.1) is 0 Å². The number of likely N-dealkylation sites (N-methyl/N-ethyl adjacent to an activating group) is 1. The van der Waals surface area contributed by atoms with Crippen LogP contribution in [-0.4, -0.2) is 53.5 Å². The highest BCUT2D eigenvalue weighted by atomic mass is 15.2. The fourth-order valence-electron chi connectivity index (χ4n) is 2.83. The molecular weight excluding hydrogens is 236 g/mol. The second kappa shape index (κ2) is 6.98. The maximum Gasteiger partial charge on any atom is 0.0271 e. The van der Waals surface area contributed by atoms with Gasteiger partial charge in [0.1, 0.15) is 0 Å². The molecule has 0 spiro atoms. The molecule has 1 aliphatic rings. The first kappa shape index (κ1) is 14.4. The van der Waals surface area contributed by atoms with Crippen LogP contribution in [0.4, 0.5) is 0 Å². The summed E-state index contributed by atoms with van der Waals surface area (Å²) in [5.74, 6) is 0. The Bertz CT molecular complexity index is 368. The fourth-order valence-corrected chi connectivity index (χ4v) is 2.83. The Kier molecular flexibility index (Phi) is 5.31. The SMILES string of the molecule is CC1CCN(Cc2ccncc2)CC(CCN)N1C. The number of pyridine rings is 1. The van der Waals surface area contributed by atoms with Gasteiger partial charge in [0.25, 0.3) is 0 Å². The Labute approximate surface area is 116 Å². The Balaban J connectivity index is 2.01. The lowest BCUT2D eigenvalue weighted by Gasteiger charge is -2.31. The van der Waals surface area contributed by atoms with E-state index >= 15 is 0 Å². The third-order valence-corrected chi connectivity index (χ3v) is 4.26. The van der Waals surface area contributed by atoms with E-state index in [1.807, 2.05) is 12.4 Å². The summed E-state index contributed by atoms with van der Waals surface area (Å²) in [5.41, 5.74) is 7.11. The zero-order valence-electron chi connectivity index (χ0n) is 12.1. The summed E-state index contributed by atoms with van der Waals surface area (Å²) in [6.07, 6.45) is 6.05. The van der Waals surface area contributed by atoms with Crippen molar-refractivity contribution in [1.29, 1.82) is 0 Å². The zero-order valence-corrected chi connectivity index (χ0v) is 12.1. The third-order valence-electron chi connectivity index (χ3n) is 4.26. The van der Waals surface area contributed by atoms with Crippen LogP contribution in [0.15, 0.2) is 24.5 Å². The number of hydrogen-bond acceptors (Lipinski definition) is 4. The van der Waals surface area contributed by atoms with E-state index in [2.05, 4.69) is 40.9 Å². The minimum Gasteiger partial charge on any atom is -0.330 e. The lowest BCUT2D eigenvalue weighted by molar-refractivity contribution is 0.167. The molecule has 0 bridgehead atoms. The smallest absolute Gasteiger partial charge is 0.0271 e. The van der Waals surface area contributed by atoms with Gasteiger partial charge < -0.3 is 5.73 Å². The highest BCUT2D eigenvalue weighted by Gasteiger charge is 2.25. The molecule has 106 valence electrons. The Morgan fingerprint density at radius 1 is 1.37 bits per heavy atom. The number of rotatable bonds is 4. The predicted octanol–water partition coefficient (Wildman–Crippen LogP) is 1.33. The molecule has 1 aromatic rings. The van der Waals surface area contributed by atoms with Crippen LogP contribution in [0.5, 0.6) is 0 Å². The highest BCUT2D eigenvalue weighted by Crippen LogP contribution is 2.18. The van der Waals surface area contributed by atoms with Gasteiger partial charge in [-0.05, 0) is 51.1 Å². The Morgan fingerprint density at radius 3 is 2.79 bits per heavy atom. The standard InChI is InChI=1S/C15H26N4/c1-13-6-10-19(11-14-4-8-17-9-5-14)12-15(3-7-16)18(13)2/h4-5,8-9,13,15H,3,6-7,10-12,16H2,1-2H3. The topological polar surface area (TPSA) is 45.4 Å². The number of hydrogen-bond donors (Lipinski definition) is 1. The molecule has 4 nitrogen and oxygen atoms in total. The molecule has 2 heterocycles. The van der Waals surface area contributed by atoms with Crippen molar-refractivity contribution in [1.82, 2.24) is 14.8 Å². The molecule has 0 saturated carbocycles. The van der Waals surface area contributed by atoms with Gasteiger partial charge in [0, 0.05) is 44.1 Å². The van der Waals surface area contributed by atoms with E-state index in [4.69, 9.17) is 5.73 Å². The second-order valence-corrected chi connectivity index (χ2v) is 5.62. The van der Waals surface area contributed by atoms with Gasteiger partial charge in [-0.25, -0.2) is 0 Å². The molecule has 2 rings (SSSR count). The van der Waals surface area contributed by atoms with Crippen LogP contribution in [0.2, 0.25) is 0 Å². The molecule has 2 N–H and O–H groups in total. The lowest BCUT2D eigenvalue weighted by atomic mass is 10.1. The van der Waals surface area contributed by atoms with E-state index in [1.54, 1.807) is 0 Å². The molecule has 19 heavy (non-hydrogen) atoms. The van der Waals surface area contributed by atoms with Gasteiger partial charge in [-0.2, -0.15) is 0 Å². The second-order valence-electron chi connectivity index (χ2n) is 5.62. The van der Waals surface area contributed by atoms with Crippen LogP contribution in [-0.2, 0) is 6.54 Å². The van der Waals surface area contributed by atoms with Crippen molar-refractivity contribution in [2.45, 2.75) is 38.4 Å². The minimum atomic E-state index is 0.573. The van der Waals surface area contributed by atoms with Crippen molar-refractivity contribution < 1.29 is 0 Å². The molecule has 2 atom stereocenters. The van der Waals surface area contributed by atoms with Crippen LogP contribution in [0.25, 0.3) is 0 Å². The van der Waals surface area contributed by atoms with Crippen LogP contribution < -0.4 is 5.73 Å². The van der Waals surface area contributed by atoms with Gasteiger partial charge in [0.2, 0.25) is 0 Å². The van der Waals surface area contributed by atoms with Gasteiger partial charge in [0.15, 0.2) is 0 Å². The summed E-state index contributed by atoms with van der Waals surface area (Å²) >= 11 is 0. The van der Waals surface area contributed by atoms with E-state index < -0.39 is 0 Å². The Morgan fingerprint density at radius 2 is 2.11 bits per heavy atom. The highest BCUT2D eigenvalue weighted by molar-refractivity contribution is 5.09. The minimum absolute atomic E-state index is 0.573. The molecule has 1 aromatic heterocycles. The van der Waals surface area contributed by atoms with Gasteiger partial charge >= 0.3 is 0 Å². The predicted molar refractivity (Wildman–Crippen MR) is 78.8 cm³/mol. The maximum absolute atomic E-state index is 5.76. The van der Waals surface area contributed by atoms with Crippen LogP contribution in [0, 0.1) is 0 Å². The molecule has 2 unspecified atom stereocenters. The summed E-state index contributed by atoms with van der Waals surface area (Å²) < 4.78 is 0. The molecule has 0 aromatic carbocycles. The van der Waals surface area contributed by atoms with Gasteiger partial charge in [-0.1, -0.05) is 0 Å². The van der Waals surface area contributed by atoms with Crippen molar-refractivity contribution in [3.8, 4) is 0 Å². The van der Waals surface area contributed by atoms with E-state index in [9.17, 15) is 0 Å². The van der Waals surface area contributed by atoms with Gasteiger partial charge in [-0.3, -0.25) is 14.8 Å². The maximum atomic E-state index is 5.76. The lowest BCUT2D eigenvalue weighted by Crippen LogP contribution is -2.42. The monoisotopic (exact) mass is 262 g/mol. The molecule has 0 amide bonds. The number of aromatic nitrogens is 1. The van der Waals surface area contributed by atoms with Gasteiger partial charge in [-0.15, -0.1) is 0 Å². The number of nitrogens with two attached hydrogens (primary N) is 1. The summed E-state index contributed by atoms with van der Waals surface area (Å²) in [5, 5.41) is 0. The first-order chi connectivity index (χ1) is 9.20. The molecule has 1 fully saturated rings. The molecule has 0 radical (unpaired) electrons. The van der Waals surface area contributed by atoms with Crippen molar-refractivity contribution in [3.63, 3.8) is 0 Å². The van der Waals surface area contributed by atoms with Crippen molar-refractivity contribution in [2.24, 2.45) is 5.73 Å². The van der Waals surface area contributed by atoms with E-state index in [-0.39, 0.29) is 0 Å². The summed E-state index contributed by atoms with van der Waals surface area (Å²) in [6, 6.07) is 5.43. The van der Waals surface area contributed by atoms with Crippen LogP contribution >= 0.6 is 0 Å². The normalized spacial score (nSPS) is 26.3. The largest absolute Gasteiger partial charge is 0.330 e. The molecule has 1 aliphatic heterocycles. The first-order valence-corrected chi connectivity index (χ1v) is 7.24. The average Bonchev–Trinajstić information content (AvgIpc) is 2.55. The third kappa shape index (κ3) is 4.00. The van der Waals surface area contributed by atoms with E-state index in [0.717, 1.165) is 32.6 Å². The van der Waals surface area contributed by atoms with E-state index in [0.29, 0.717) is 12.1 Å². The van der Waals surface area contributed by atoms with Crippen molar-refractivity contribution in [3.05, 3.63) is 30.1 Å².